The summed E-state index contributed by atoms with van der Waals surface area (Å²) in [6.45, 7) is 0. The summed E-state index contributed by atoms with van der Waals surface area (Å²) in [5.74, 6) is 1.62. The van der Waals surface area contributed by atoms with Crippen molar-refractivity contribution in [1.29, 1.82) is 0 Å². The number of aromatic nitrogens is 5. The van der Waals surface area contributed by atoms with Gasteiger partial charge < -0.3 is 13.4 Å². The number of nitrogens with zero attached hydrogens (tertiary/aromatic N) is 5. The van der Waals surface area contributed by atoms with Crippen molar-refractivity contribution in [1.82, 2.24) is 24.1 Å². The molecule has 0 amide bonds. The third-order valence-electron chi connectivity index (χ3n) is 15.6. The van der Waals surface area contributed by atoms with Gasteiger partial charge in [0.2, 0.25) is 5.95 Å². The van der Waals surface area contributed by atoms with Crippen LogP contribution in [0.15, 0.2) is 245 Å². The van der Waals surface area contributed by atoms with E-state index in [0.29, 0.717) is 17.6 Å². The summed E-state index contributed by atoms with van der Waals surface area (Å²) >= 11 is 1.84. The van der Waals surface area contributed by atoms with Crippen LogP contribution >= 0.6 is 11.3 Å². The topological polar surface area (TPSA) is 74.8 Å². The highest BCUT2D eigenvalue weighted by Crippen LogP contribution is 2.48. The van der Waals surface area contributed by atoms with Crippen LogP contribution in [0.1, 0.15) is 0 Å². The molecule has 0 fully saturated rings. The van der Waals surface area contributed by atoms with Crippen LogP contribution in [-0.4, -0.2) is 24.1 Å². The van der Waals surface area contributed by atoms with E-state index < -0.39 is 0 Å². The number of hydrogen-bond acceptors (Lipinski definition) is 6. The highest BCUT2D eigenvalue weighted by Gasteiger charge is 2.26. The molecule has 77 heavy (non-hydrogen) atoms. The van der Waals surface area contributed by atoms with Gasteiger partial charge in [0.1, 0.15) is 22.3 Å². The molecule has 0 aliphatic heterocycles. The third-order valence-corrected chi connectivity index (χ3v) is 16.7. The highest BCUT2D eigenvalue weighted by molar-refractivity contribution is 7.25. The van der Waals surface area contributed by atoms with Gasteiger partial charge in [-0.2, -0.15) is 9.97 Å². The van der Waals surface area contributed by atoms with Crippen LogP contribution in [0.2, 0.25) is 0 Å². The quantitative estimate of drug-likeness (QED) is 0.166. The van der Waals surface area contributed by atoms with Gasteiger partial charge in [-0.15, -0.1) is 11.3 Å². The molecule has 8 heteroatoms. The van der Waals surface area contributed by atoms with E-state index in [1.54, 1.807) is 0 Å². The molecule has 358 valence electrons. The molecule has 0 saturated heterocycles. The molecule has 7 nitrogen and oxygen atoms in total. The van der Waals surface area contributed by atoms with E-state index >= 15 is 0 Å². The number of hydrogen-bond donors (Lipinski definition) is 0. The molecule has 0 N–H and O–H groups in total. The number of thiophene rings is 1. The zero-order valence-electron chi connectivity index (χ0n) is 41.0. The van der Waals surface area contributed by atoms with Crippen LogP contribution in [0.4, 0.5) is 0 Å². The fraction of sp³-hybridized carbons (Fsp3) is 0. The van der Waals surface area contributed by atoms with Crippen molar-refractivity contribution in [3.05, 3.63) is 237 Å². The summed E-state index contributed by atoms with van der Waals surface area (Å²) in [6, 6.07) is 83.7. The zero-order valence-corrected chi connectivity index (χ0v) is 41.8. The minimum atomic E-state index is 0.515. The average Bonchev–Trinajstić information content (AvgIpc) is 4.34. The molecule has 6 aromatic heterocycles. The van der Waals surface area contributed by atoms with Gasteiger partial charge in [-0.25, -0.2) is 4.98 Å². The summed E-state index contributed by atoms with van der Waals surface area (Å²) in [7, 11) is 0. The summed E-state index contributed by atoms with van der Waals surface area (Å²) in [5.41, 5.74) is 14.6. The molecule has 0 aliphatic carbocycles. The van der Waals surface area contributed by atoms with Crippen molar-refractivity contribution in [3.63, 3.8) is 0 Å². The van der Waals surface area contributed by atoms with Gasteiger partial charge in [0.05, 0.1) is 22.1 Å². The predicted octanol–water partition coefficient (Wildman–Crippen LogP) is 18.9. The first-order valence-electron chi connectivity index (χ1n) is 25.8. The summed E-state index contributed by atoms with van der Waals surface area (Å²) in [6.07, 6.45) is 0. The average molecular weight is 1000 g/mol. The first-order valence-corrected chi connectivity index (χ1v) is 26.6. The van der Waals surface area contributed by atoms with Crippen molar-refractivity contribution in [2.24, 2.45) is 0 Å². The molecule has 0 saturated carbocycles. The van der Waals surface area contributed by atoms with Crippen molar-refractivity contribution >= 4 is 119 Å². The first kappa shape index (κ1) is 42.2. The molecule has 0 unspecified atom stereocenters. The molecule has 0 bridgehead atoms. The van der Waals surface area contributed by atoms with Crippen LogP contribution in [-0.2, 0) is 0 Å². The Labute approximate surface area is 442 Å². The monoisotopic (exact) mass is 1000 g/mol. The Kier molecular flexibility index (Phi) is 8.87. The summed E-state index contributed by atoms with van der Waals surface area (Å²) in [5, 5.41) is 11.1. The molecule has 17 rings (SSSR count). The lowest BCUT2D eigenvalue weighted by Crippen LogP contribution is -2.07. The second-order valence-electron chi connectivity index (χ2n) is 19.8. The Bertz CT molecular complexity index is 5290. The molecular formula is C69H39N5O2S. The summed E-state index contributed by atoms with van der Waals surface area (Å²) < 4.78 is 20.6. The van der Waals surface area contributed by atoms with Gasteiger partial charge in [0, 0.05) is 85.6 Å². The normalized spacial score (nSPS) is 12.2. The molecule has 0 atom stereocenters. The van der Waals surface area contributed by atoms with Gasteiger partial charge in [-0.1, -0.05) is 170 Å². The van der Waals surface area contributed by atoms with Crippen LogP contribution in [0.5, 0.6) is 0 Å². The van der Waals surface area contributed by atoms with E-state index in [1.165, 1.54) is 25.6 Å². The van der Waals surface area contributed by atoms with Gasteiger partial charge >= 0.3 is 0 Å². The van der Waals surface area contributed by atoms with Crippen LogP contribution in [0.3, 0.4) is 0 Å². The zero-order chi connectivity index (χ0) is 50.3. The maximum Gasteiger partial charge on any atom is 0.238 e. The minimum absolute atomic E-state index is 0.515. The van der Waals surface area contributed by atoms with E-state index in [4.69, 9.17) is 23.8 Å². The number of furan rings is 2. The Balaban J connectivity index is 0.932. The van der Waals surface area contributed by atoms with Crippen molar-refractivity contribution in [2.75, 3.05) is 0 Å². The first-order chi connectivity index (χ1) is 38.2. The number of para-hydroxylation sites is 4. The van der Waals surface area contributed by atoms with Gasteiger partial charge in [-0.3, -0.25) is 4.57 Å². The Hall–Kier alpha value is -10.2. The van der Waals surface area contributed by atoms with Gasteiger partial charge in [-0.05, 0) is 83.4 Å². The Morgan fingerprint density at radius 1 is 0.325 bits per heavy atom. The SMILES string of the molecule is c1ccc(-c2nc(-c3cccc4oc5ccc(-c6c(-c7ccc8c(c7)sc7ccccc78)ccc7oc8ccccc8c67)cc5c34)nc(-n3c4ccccc4c4ccc5c6ccccc6n(-c6ccccc6)c5c43)n2)cc1. The molecule has 6 heterocycles. The van der Waals surface area contributed by atoms with E-state index in [1.807, 2.05) is 47.7 Å². The lowest BCUT2D eigenvalue weighted by Gasteiger charge is -2.14. The predicted molar refractivity (Wildman–Crippen MR) is 318 cm³/mol. The minimum Gasteiger partial charge on any atom is -0.456 e. The Morgan fingerprint density at radius 3 is 1.71 bits per heavy atom. The van der Waals surface area contributed by atoms with Crippen LogP contribution in [0, 0.1) is 0 Å². The second-order valence-corrected chi connectivity index (χ2v) is 20.9. The molecule has 11 aromatic carbocycles. The lowest BCUT2D eigenvalue weighted by molar-refractivity contribution is 0.669. The van der Waals surface area contributed by atoms with Crippen molar-refractivity contribution in [2.45, 2.75) is 0 Å². The second kappa shape index (κ2) is 16.2. The third kappa shape index (κ3) is 6.21. The van der Waals surface area contributed by atoms with Gasteiger partial charge in [0.15, 0.2) is 11.6 Å². The smallest absolute Gasteiger partial charge is 0.238 e. The van der Waals surface area contributed by atoms with Crippen LogP contribution in [0.25, 0.3) is 164 Å². The lowest BCUT2D eigenvalue weighted by atomic mass is 9.89. The number of fused-ring (bicyclic) bond motifs is 16. The molecule has 0 aliphatic rings. The Morgan fingerprint density at radius 2 is 0.909 bits per heavy atom. The van der Waals surface area contributed by atoms with E-state index in [2.05, 4.69) is 209 Å². The van der Waals surface area contributed by atoms with E-state index in [-0.39, 0.29) is 0 Å². The number of benzene rings is 11. The largest absolute Gasteiger partial charge is 0.456 e. The molecule has 0 radical (unpaired) electrons. The van der Waals surface area contributed by atoms with Gasteiger partial charge in [0.25, 0.3) is 0 Å². The highest BCUT2D eigenvalue weighted by atomic mass is 32.1. The fourth-order valence-electron chi connectivity index (χ4n) is 12.3. The summed E-state index contributed by atoms with van der Waals surface area (Å²) in [4.78, 5) is 16.4. The van der Waals surface area contributed by atoms with Crippen LogP contribution < -0.4 is 0 Å². The molecule has 17 aromatic rings. The maximum absolute atomic E-state index is 6.81. The maximum atomic E-state index is 6.81. The van der Waals surface area contributed by atoms with Crippen molar-refractivity contribution in [3.8, 4) is 56.7 Å². The van der Waals surface area contributed by atoms with Crippen molar-refractivity contribution < 1.29 is 8.83 Å². The van der Waals surface area contributed by atoms with E-state index in [9.17, 15) is 0 Å². The van der Waals surface area contributed by atoms with E-state index in [0.717, 1.165) is 121 Å². The molecular weight excluding hydrogens is 963 g/mol. The molecule has 0 spiro atoms. The fourth-order valence-corrected chi connectivity index (χ4v) is 13.4. The number of rotatable bonds is 6. The standard InChI is InChI=1S/C69H39N5O2S/c1-3-16-40(17-4-1)67-70-68(72-69(71-67)74-55-26-12-8-21-46(55)50-34-33-49-45-20-7-11-25-54(45)73(65(49)66(50)74)43-18-5-2-6-19-43)52-24-15-28-58-63(52)53-38-42(31-36-57(53)76-58)62-44(35-37-59-64(62)51-23-9-13-27-56(51)75-59)41-30-32-48-47-22-10-14-29-60(47)77-61(48)39-41/h1-39H.